The summed E-state index contributed by atoms with van der Waals surface area (Å²) in [6, 6.07) is 8.88. The number of rotatable bonds is 2. The van der Waals surface area contributed by atoms with E-state index in [9.17, 15) is 4.79 Å². The van der Waals surface area contributed by atoms with Crippen molar-refractivity contribution in [3.63, 3.8) is 0 Å². The first-order chi connectivity index (χ1) is 13.3. The van der Waals surface area contributed by atoms with Gasteiger partial charge in [-0.3, -0.25) is 4.79 Å². The van der Waals surface area contributed by atoms with E-state index in [1.807, 2.05) is 23.1 Å². The Balaban J connectivity index is 1.24. The third kappa shape index (κ3) is 3.13. The number of hydrogen-bond acceptors (Lipinski definition) is 7. The molecule has 1 saturated carbocycles. The van der Waals surface area contributed by atoms with Crippen molar-refractivity contribution < 1.29 is 4.79 Å². The van der Waals surface area contributed by atoms with Crippen LogP contribution in [0, 0.1) is 5.92 Å². The average molecular weight is 367 g/mol. The Morgan fingerprint density at radius 1 is 1.00 bits per heavy atom. The van der Waals surface area contributed by atoms with Gasteiger partial charge < -0.3 is 9.80 Å². The van der Waals surface area contributed by atoms with Gasteiger partial charge in [0, 0.05) is 49.6 Å². The molecule has 2 aliphatic heterocycles. The van der Waals surface area contributed by atoms with Crippen molar-refractivity contribution in [2.75, 3.05) is 31.1 Å². The molecule has 0 radical (unpaired) electrons. The summed E-state index contributed by atoms with van der Waals surface area (Å²) < 4.78 is 0. The third-order valence-electron chi connectivity index (χ3n) is 6.13. The highest BCUT2D eigenvalue weighted by atomic mass is 16.2. The Kier molecular flexibility index (Phi) is 4.39. The number of nitrogens with zero attached hydrogens (tertiary/aromatic N) is 4. The molecule has 27 heavy (non-hydrogen) atoms. The molecule has 3 unspecified atom stereocenters. The number of benzene rings is 1. The Morgan fingerprint density at radius 3 is 2.70 bits per heavy atom. The maximum Gasteiger partial charge on any atom is 0.225 e. The number of hydrazine groups is 2. The van der Waals surface area contributed by atoms with Crippen LogP contribution in [0.25, 0.3) is 10.9 Å². The van der Waals surface area contributed by atoms with Gasteiger partial charge in [-0.25, -0.2) is 20.8 Å². The Labute approximate surface area is 158 Å². The maximum absolute atomic E-state index is 13.0. The number of para-hydroxylation sites is 1. The van der Waals surface area contributed by atoms with E-state index in [0.717, 1.165) is 62.2 Å². The molecule has 5 rings (SSSR count). The fourth-order valence-corrected chi connectivity index (χ4v) is 4.59. The molecular weight excluding hydrogens is 342 g/mol. The van der Waals surface area contributed by atoms with E-state index < -0.39 is 0 Å². The molecule has 3 aliphatic rings. The Morgan fingerprint density at radius 2 is 1.81 bits per heavy atom. The molecular formula is C19H25N7O. The van der Waals surface area contributed by atoms with E-state index in [-0.39, 0.29) is 5.92 Å². The zero-order valence-corrected chi connectivity index (χ0v) is 15.3. The number of nitrogens with one attached hydrogen (secondary N) is 3. The fourth-order valence-electron chi connectivity index (χ4n) is 4.59. The summed E-state index contributed by atoms with van der Waals surface area (Å²) in [6.07, 6.45) is 4.53. The summed E-state index contributed by atoms with van der Waals surface area (Å²) in [5.41, 5.74) is 10.4. The van der Waals surface area contributed by atoms with Crippen molar-refractivity contribution in [3.8, 4) is 0 Å². The Bertz CT molecular complexity index is 830. The standard InChI is InChI=1S/C19H25N7O/c27-19(13-5-6-16-17(11-13)23-24-22-16)26-9-7-25(8-10-26)18-14-3-1-2-4-15(14)20-12-21-18/h1-4,12-13,16-17,22-24H,5-11H2. The summed E-state index contributed by atoms with van der Waals surface area (Å²) in [5, 5.41) is 1.07. The van der Waals surface area contributed by atoms with Gasteiger partial charge in [0.15, 0.2) is 0 Å². The lowest BCUT2D eigenvalue weighted by atomic mass is 9.82. The van der Waals surface area contributed by atoms with E-state index in [0.29, 0.717) is 18.0 Å². The second-order valence-electron chi connectivity index (χ2n) is 7.66. The van der Waals surface area contributed by atoms with E-state index in [2.05, 4.69) is 37.3 Å². The molecule has 8 nitrogen and oxygen atoms in total. The largest absolute Gasteiger partial charge is 0.352 e. The second kappa shape index (κ2) is 7.03. The number of anilines is 1. The van der Waals surface area contributed by atoms with Crippen LogP contribution < -0.4 is 21.3 Å². The SMILES string of the molecule is O=C(C1CCC2NNNC2C1)N1CCN(c2ncnc3ccccc23)CC1. The first-order valence-electron chi connectivity index (χ1n) is 9.79. The van der Waals surface area contributed by atoms with Crippen molar-refractivity contribution in [2.45, 2.75) is 31.3 Å². The van der Waals surface area contributed by atoms with Crippen molar-refractivity contribution in [2.24, 2.45) is 5.92 Å². The van der Waals surface area contributed by atoms with Gasteiger partial charge in [-0.1, -0.05) is 12.1 Å². The monoisotopic (exact) mass is 367 g/mol. The van der Waals surface area contributed by atoms with E-state index in [1.165, 1.54) is 0 Å². The molecule has 3 fully saturated rings. The van der Waals surface area contributed by atoms with Crippen LogP contribution >= 0.6 is 0 Å². The number of aromatic nitrogens is 2. The van der Waals surface area contributed by atoms with E-state index >= 15 is 0 Å². The summed E-state index contributed by atoms with van der Waals surface area (Å²) in [4.78, 5) is 26.2. The molecule has 1 aromatic heterocycles. The number of fused-ring (bicyclic) bond motifs is 2. The summed E-state index contributed by atoms with van der Waals surface area (Å²) in [6.45, 7) is 3.14. The average Bonchev–Trinajstić information content (AvgIpc) is 3.21. The number of carbonyl (C=O) groups is 1. The van der Waals surface area contributed by atoms with E-state index in [4.69, 9.17) is 0 Å². The zero-order valence-electron chi connectivity index (χ0n) is 15.3. The van der Waals surface area contributed by atoms with Crippen LogP contribution in [0.5, 0.6) is 0 Å². The Hall–Kier alpha value is -2.29. The van der Waals surface area contributed by atoms with Crippen molar-refractivity contribution in [1.82, 2.24) is 31.3 Å². The van der Waals surface area contributed by atoms with Gasteiger partial charge in [0.05, 0.1) is 5.52 Å². The summed E-state index contributed by atoms with van der Waals surface area (Å²) in [7, 11) is 0. The molecule has 1 aromatic carbocycles. The summed E-state index contributed by atoms with van der Waals surface area (Å²) >= 11 is 0. The third-order valence-corrected chi connectivity index (χ3v) is 6.13. The normalized spacial score (nSPS) is 28.4. The van der Waals surface area contributed by atoms with Crippen molar-refractivity contribution >= 4 is 22.6 Å². The minimum Gasteiger partial charge on any atom is -0.352 e. The minimum absolute atomic E-state index is 0.131. The lowest BCUT2D eigenvalue weighted by Gasteiger charge is -2.39. The first kappa shape index (κ1) is 16.9. The topological polar surface area (TPSA) is 85.4 Å². The minimum atomic E-state index is 0.131. The van der Waals surface area contributed by atoms with Crippen LogP contribution in [0.2, 0.25) is 0 Å². The predicted octanol–water partition coefficient (Wildman–Crippen LogP) is 0.428. The fraction of sp³-hybridized carbons (Fsp3) is 0.526. The molecule has 2 saturated heterocycles. The molecule has 3 heterocycles. The van der Waals surface area contributed by atoms with Gasteiger partial charge >= 0.3 is 0 Å². The van der Waals surface area contributed by atoms with Gasteiger partial charge in [0.1, 0.15) is 12.1 Å². The van der Waals surface area contributed by atoms with Crippen molar-refractivity contribution in [1.29, 1.82) is 0 Å². The van der Waals surface area contributed by atoms with Crippen molar-refractivity contribution in [3.05, 3.63) is 30.6 Å². The number of piperazine rings is 1. The predicted molar refractivity (Wildman–Crippen MR) is 103 cm³/mol. The smallest absolute Gasteiger partial charge is 0.225 e. The number of hydrogen-bond donors (Lipinski definition) is 3. The molecule has 2 aromatic rings. The van der Waals surface area contributed by atoms with Gasteiger partial charge in [-0.15, -0.1) is 0 Å². The molecule has 1 aliphatic carbocycles. The van der Waals surface area contributed by atoms with Gasteiger partial charge in [0.2, 0.25) is 5.91 Å². The molecule has 8 heteroatoms. The second-order valence-corrected chi connectivity index (χ2v) is 7.66. The van der Waals surface area contributed by atoms with Crippen LogP contribution in [0.4, 0.5) is 5.82 Å². The molecule has 0 spiro atoms. The molecule has 3 atom stereocenters. The van der Waals surface area contributed by atoms with Crippen LogP contribution in [-0.4, -0.2) is 59.0 Å². The highest BCUT2D eigenvalue weighted by Gasteiger charge is 2.38. The highest BCUT2D eigenvalue weighted by molar-refractivity contribution is 5.89. The van der Waals surface area contributed by atoms with Crippen LogP contribution in [0.3, 0.4) is 0 Å². The number of carbonyl (C=O) groups excluding carboxylic acids is 1. The van der Waals surface area contributed by atoms with E-state index in [1.54, 1.807) is 6.33 Å². The van der Waals surface area contributed by atoms with Crippen LogP contribution in [0.15, 0.2) is 30.6 Å². The first-order valence-corrected chi connectivity index (χ1v) is 9.79. The lowest BCUT2D eigenvalue weighted by Crippen LogP contribution is -2.52. The highest BCUT2D eigenvalue weighted by Crippen LogP contribution is 2.29. The number of amides is 1. The van der Waals surface area contributed by atoms with Gasteiger partial charge in [-0.2, -0.15) is 5.53 Å². The quantitative estimate of drug-likeness (QED) is 0.710. The van der Waals surface area contributed by atoms with Crippen LogP contribution in [0.1, 0.15) is 19.3 Å². The molecule has 142 valence electrons. The van der Waals surface area contributed by atoms with Gasteiger partial charge in [0.25, 0.3) is 0 Å². The molecule has 3 N–H and O–H groups in total. The molecule has 0 bridgehead atoms. The lowest BCUT2D eigenvalue weighted by molar-refractivity contribution is -0.137. The summed E-state index contributed by atoms with van der Waals surface area (Å²) in [5.74, 6) is 1.42. The maximum atomic E-state index is 13.0. The zero-order chi connectivity index (χ0) is 18.2. The molecule has 1 amide bonds. The van der Waals surface area contributed by atoms with Gasteiger partial charge in [-0.05, 0) is 31.4 Å². The van der Waals surface area contributed by atoms with Crippen LogP contribution in [-0.2, 0) is 4.79 Å².